The maximum absolute atomic E-state index is 13.6. The highest BCUT2D eigenvalue weighted by Crippen LogP contribution is 2.37. The van der Waals surface area contributed by atoms with Crippen molar-refractivity contribution in [3.8, 4) is 5.75 Å². The fourth-order valence-corrected chi connectivity index (χ4v) is 5.16. The van der Waals surface area contributed by atoms with Gasteiger partial charge < -0.3 is 23.9 Å². The molecule has 0 saturated carbocycles. The monoisotopic (exact) mass is 486 g/mol. The van der Waals surface area contributed by atoms with Crippen LogP contribution in [0.4, 0.5) is 10.1 Å². The van der Waals surface area contributed by atoms with E-state index in [0.29, 0.717) is 48.3 Å². The Kier molecular flexibility index (Phi) is 5.78. The van der Waals surface area contributed by atoms with Crippen LogP contribution in [0.3, 0.4) is 0 Å². The fraction of sp³-hybridized carbons (Fsp3) is 0.364. The summed E-state index contributed by atoms with van der Waals surface area (Å²) in [4.78, 5) is 28.2. The number of halogens is 1. The zero-order valence-corrected chi connectivity index (χ0v) is 19.6. The molecule has 3 aromatic rings. The van der Waals surface area contributed by atoms with E-state index < -0.39 is 0 Å². The Morgan fingerprint density at radius 3 is 2.82 bits per heavy atom. The SMILES string of the molecule is Cc1nnc(C(=O)N2CC3COc4c(cn(C)c4C(=O)Nc4ccc(F)c(C)c4)SNC3C2)o1. The summed E-state index contributed by atoms with van der Waals surface area (Å²) >= 11 is 1.36. The first-order chi connectivity index (χ1) is 16.3. The number of rotatable bonds is 3. The van der Waals surface area contributed by atoms with Gasteiger partial charge in [0.25, 0.3) is 5.91 Å². The molecule has 2 amide bonds. The van der Waals surface area contributed by atoms with Gasteiger partial charge in [0, 0.05) is 50.9 Å². The van der Waals surface area contributed by atoms with Crippen molar-refractivity contribution in [2.24, 2.45) is 13.0 Å². The maximum atomic E-state index is 13.6. The van der Waals surface area contributed by atoms with Gasteiger partial charge in [0.1, 0.15) is 5.82 Å². The number of aromatic nitrogens is 3. The second kappa shape index (κ2) is 8.76. The lowest BCUT2D eigenvalue weighted by Crippen LogP contribution is -2.36. The van der Waals surface area contributed by atoms with E-state index in [1.165, 1.54) is 24.1 Å². The smallest absolute Gasteiger partial charge is 0.311 e. The highest BCUT2D eigenvalue weighted by Gasteiger charge is 2.39. The van der Waals surface area contributed by atoms with E-state index in [2.05, 4.69) is 20.2 Å². The number of aryl methyl sites for hydroxylation is 3. The van der Waals surface area contributed by atoms with Crippen molar-refractivity contribution < 1.29 is 23.1 Å². The van der Waals surface area contributed by atoms with E-state index in [9.17, 15) is 14.0 Å². The van der Waals surface area contributed by atoms with Crippen molar-refractivity contribution in [3.05, 3.63) is 53.3 Å². The molecular formula is C22H23FN6O4S. The number of likely N-dealkylation sites (tertiary alicyclic amines) is 1. The number of benzene rings is 1. The summed E-state index contributed by atoms with van der Waals surface area (Å²) in [6, 6.07) is 4.41. The summed E-state index contributed by atoms with van der Waals surface area (Å²) < 4.78 is 30.1. The van der Waals surface area contributed by atoms with Gasteiger partial charge in [0.2, 0.25) is 5.89 Å². The first-order valence-corrected chi connectivity index (χ1v) is 11.5. The van der Waals surface area contributed by atoms with Crippen LogP contribution in [0.1, 0.15) is 32.6 Å². The number of anilines is 1. The highest BCUT2D eigenvalue weighted by molar-refractivity contribution is 7.97. The minimum atomic E-state index is -0.359. The van der Waals surface area contributed by atoms with Gasteiger partial charge in [-0.3, -0.25) is 14.3 Å². The van der Waals surface area contributed by atoms with Crippen molar-refractivity contribution in [2.45, 2.75) is 24.8 Å². The largest absolute Gasteiger partial charge is 0.489 e. The molecule has 2 N–H and O–H groups in total. The van der Waals surface area contributed by atoms with E-state index in [1.807, 2.05) is 6.20 Å². The zero-order valence-electron chi connectivity index (χ0n) is 18.8. The molecule has 178 valence electrons. The molecule has 2 unspecified atom stereocenters. The molecular weight excluding hydrogens is 463 g/mol. The number of carbonyl (C=O) groups is 2. The van der Waals surface area contributed by atoms with Gasteiger partial charge in [0.15, 0.2) is 11.4 Å². The van der Waals surface area contributed by atoms with Gasteiger partial charge in [-0.05, 0) is 42.6 Å². The molecule has 2 aromatic heterocycles. The normalized spacial score (nSPS) is 19.6. The second-order valence-electron chi connectivity index (χ2n) is 8.43. The molecule has 12 heteroatoms. The first-order valence-electron chi connectivity index (χ1n) is 10.7. The maximum Gasteiger partial charge on any atom is 0.311 e. The first kappa shape index (κ1) is 22.4. The van der Waals surface area contributed by atoms with E-state index >= 15 is 0 Å². The fourth-order valence-electron chi connectivity index (χ4n) is 4.15. The number of fused-ring (bicyclic) bond motifs is 2. The number of hydrogen-bond acceptors (Lipinski definition) is 8. The molecule has 1 saturated heterocycles. The van der Waals surface area contributed by atoms with E-state index in [0.717, 1.165) is 4.90 Å². The van der Waals surface area contributed by atoms with Crippen molar-refractivity contribution in [1.29, 1.82) is 0 Å². The Bertz CT molecular complexity index is 1270. The predicted molar refractivity (Wildman–Crippen MR) is 121 cm³/mol. The van der Waals surface area contributed by atoms with Gasteiger partial charge in [-0.2, -0.15) is 0 Å². The third-order valence-corrected chi connectivity index (χ3v) is 6.86. The van der Waals surface area contributed by atoms with Crippen LogP contribution < -0.4 is 14.8 Å². The molecule has 2 atom stereocenters. The number of hydrogen-bond donors (Lipinski definition) is 2. The molecule has 0 bridgehead atoms. The number of nitrogens with zero attached hydrogens (tertiary/aromatic N) is 4. The quantitative estimate of drug-likeness (QED) is 0.543. The van der Waals surface area contributed by atoms with Gasteiger partial charge in [-0.1, -0.05) is 0 Å². The Labute approximate surface area is 199 Å². The number of nitrogens with one attached hydrogen (secondary N) is 2. The summed E-state index contributed by atoms with van der Waals surface area (Å²) in [6.07, 6.45) is 1.82. The van der Waals surface area contributed by atoms with Crippen molar-refractivity contribution in [2.75, 3.05) is 25.0 Å². The molecule has 1 fully saturated rings. The Morgan fingerprint density at radius 1 is 1.26 bits per heavy atom. The summed E-state index contributed by atoms with van der Waals surface area (Å²) in [7, 11) is 1.77. The summed E-state index contributed by atoms with van der Waals surface area (Å²) in [5, 5.41) is 10.4. The molecule has 10 nitrogen and oxygen atoms in total. The molecule has 2 aliphatic rings. The highest BCUT2D eigenvalue weighted by atomic mass is 32.2. The minimum absolute atomic E-state index is 0.00415. The topological polar surface area (TPSA) is 115 Å². The number of ether oxygens (including phenoxy) is 1. The van der Waals surface area contributed by atoms with Crippen LogP contribution in [0.5, 0.6) is 5.75 Å². The average molecular weight is 487 g/mol. The lowest BCUT2D eigenvalue weighted by atomic mass is 10.1. The van der Waals surface area contributed by atoms with Crippen LogP contribution in [-0.4, -0.2) is 57.2 Å². The van der Waals surface area contributed by atoms with Crippen molar-refractivity contribution in [1.82, 2.24) is 24.4 Å². The van der Waals surface area contributed by atoms with E-state index in [4.69, 9.17) is 9.15 Å². The summed E-state index contributed by atoms with van der Waals surface area (Å²) in [5.41, 5.74) is 1.30. The van der Waals surface area contributed by atoms with Crippen LogP contribution in [-0.2, 0) is 7.05 Å². The molecule has 2 aliphatic heterocycles. The molecule has 1 aromatic carbocycles. The zero-order chi connectivity index (χ0) is 24.0. The van der Waals surface area contributed by atoms with Crippen molar-refractivity contribution in [3.63, 3.8) is 0 Å². The number of amides is 2. The van der Waals surface area contributed by atoms with Gasteiger partial charge in [-0.25, -0.2) is 4.39 Å². The van der Waals surface area contributed by atoms with Crippen molar-refractivity contribution >= 4 is 29.4 Å². The van der Waals surface area contributed by atoms with Crippen LogP contribution in [0.2, 0.25) is 0 Å². The molecule has 5 rings (SSSR count). The predicted octanol–water partition coefficient (Wildman–Crippen LogP) is 2.55. The van der Waals surface area contributed by atoms with Gasteiger partial charge in [-0.15, -0.1) is 10.2 Å². The molecule has 0 radical (unpaired) electrons. The second-order valence-corrected chi connectivity index (χ2v) is 9.31. The average Bonchev–Trinajstić information content (AvgIpc) is 3.48. The minimum Gasteiger partial charge on any atom is -0.489 e. The summed E-state index contributed by atoms with van der Waals surface area (Å²) in [6.45, 7) is 4.52. The number of carbonyl (C=O) groups excluding carboxylic acids is 2. The van der Waals surface area contributed by atoms with Crippen LogP contribution in [0.15, 0.2) is 33.7 Å². The third kappa shape index (κ3) is 4.14. The Balaban J connectivity index is 1.32. The molecule has 34 heavy (non-hydrogen) atoms. The standard InChI is InChI=1S/C22H23FN6O4S/c1-11-6-14(4-5-15(11)23)24-20(30)18-19-17(9-28(18)3)34-27-16-8-29(7-13(16)10-32-19)22(31)21-26-25-12(2)33-21/h4-6,9,13,16,27H,7-8,10H2,1-3H3,(H,24,30). The van der Waals surface area contributed by atoms with E-state index in [-0.39, 0.29) is 35.5 Å². The van der Waals surface area contributed by atoms with Gasteiger partial charge >= 0.3 is 11.8 Å². The Hall–Kier alpha value is -3.38. The molecule has 0 spiro atoms. The Morgan fingerprint density at radius 2 is 2.09 bits per heavy atom. The molecule has 4 heterocycles. The van der Waals surface area contributed by atoms with Gasteiger partial charge in [0.05, 0.1) is 11.5 Å². The third-order valence-electron chi connectivity index (χ3n) is 5.93. The van der Waals surface area contributed by atoms with E-state index in [1.54, 1.807) is 36.4 Å². The lowest BCUT2D eigenvalue weighted by molar-refractivity contribution is 0.0741. The van der Waals surface area contributed by atoms with Crippen LogP contribution in [0, 0.1) is 25.6 Å². The molecule has 0 aliphatic carbocycles. The van der Waals surface area contributed by atoms with Crippen LogP contribution >= 0.6 is 11.9 Å². The van der Waals surface area contributed by atoms with Crippen LogP contribution in [0.25, 0.3) is 0 Å². The lowest BCUT2D eigenvalue weighted by Gasteiger charge is -2.23. The summed E-state index contributed by atoms with van der Waals surface area (Å²) in [5.74, 6) is -0.228.